The van der Waals surface area contributed by atoms with Crippen LogP contribution in [0.2, 0.25) is 0 Å². The number of furan rings is 1. The number of rotatable bonds is 9. The average Bonchev–Trinajstić information content (AvgIpc) is 3.62. The van der Waals surface area contributed by atoms with Gasteiger partial charge in [-0.3, -0.25) is 14.9 Å². The number of nitrogens with zero attached hydrogens (tertiary/aromatic N) is 2. The lowest BCUT2D eigenvalue weighted by atomic mass is 10.1. The van der Waals surface area contributed by atoms with Gasteiger partial charge >= 0.3 is 0 Å². The minimum atomic E-state index is -0.472. The van der Waals surface area contributed by atoms with Crippen molar-refractivity contribution in [3.63, 3.8) is 0 Å². The van der Waals surface area contributed by atoms with Crippen LogP contribution >= 0.6 is 0 Å². The fourth-order valence-electron chi connectivity index (χ4n) is 4.10. The van der Waals surface area contributed by atoms with Crippen LogP contribution in [0.5, 0.6) is 17.2 Å². The fourth-order valence-corrected chi connectivity index (χ4v) is 4.10. The molecule has 0 aliphatic carbocycles. The van der Waals surface area contributed by atoms with Crippen LogP contribution < -0.4 is 19.5 Å². The maximum Gasteiger partial charge on any atom is 0.280 e. The van der Waals surface area contributed by atoms with Gasteiger partial charge in [0.1, 0.15) is 17.0 Å². The molecule has 0 bridgehead atoms. The molecule has 0 radical (unpaired) electrons. The van der Waals surface area contributed by atoms with Gasteiger partial charge in [0.2, 0.25) is 17.5 Å². The van der Waals surface area contributed by atoms with Gasteiger partial charge in [-0.05, 0) is 54.6 Å². The van der Waals surface area contributed by atoms with Crippen molar-refractivity contribution in [3.8, 4) is 40.0 Å². The molecule has 11 nitrogen and oxygen atoms in total. The predicted molar refractivity (Wildman–Crippen MR) is 148 cm³/mol. The Labute approximate surface area is 227 Å². The number of hydrogen-bond donors (Lipinski definition) is 1. The van der Waals surface area contributed by atoms with E-state index in [1.54, 1.807) is 60.7 Å². The Bertz CT molecular complexity index is 1730. The van der Waals surface area contributed by atoms with Gasteiger partial charge in [0.05, 0.1) is 31.8 Å². The van der Waals surface area contributed by atoms with Crippen molar-refractivity contribution in [1.29, 1.82) is 0 Å². The lowest BCUT2D eigenvalue weighted by Gasteiger charge is -2.12. The number of nitrogens with one attached hydrogen (secondary N) is 1. The Morgan fingerprint density at radius 2 is 1.70 bits per heavy atom. The first kappa shape index (κ1) is 26.0. The molecule has 0 saturated carbocycles. The number of hydrogen-bond acceptors (Lipinski definition) is 9. The van der Waals surface area contributed by atoms with Crippen molar-refractivity contribution in [2.45, 2.75) is 0 Å². The van der Waals surface area contributed by atoms with E-state index >= 15 is 0 Å². The molecule has 1 amide bonds. The van der Waals surface area contributed by atoms with E-state index in [-0.39, 0.29) is 5.69 Å². The topological polar surface area (TPSA) is 139 Å². The molecular weight excluding hydrogens is 518 g/mol. The summed E-state index contributed by atoms with van der Waals surface area (Å²) in [7, 11) is 4.57. The van der Waals surface area contributed by atoms with Gasteiger partial charge in [0.15, 0.2) is 17.1 Å². The molecule has 2 aromatic heterocycles. The van der Waals surface area contributed by atoms with Crippen molar-refractivity contribution in [2.24, 2.45) is 0 Å². The van der Waals surface area contributed by atoms with Crippen LogP contribution in [0, 0.1) is 10.1 Å². The van der Waals surface area contributed by atoms with Gasteiger partial charge < -0.3 is 28.4 Å². The standard InChI is InChI=1S/C29H23N3O8/c1-36-25-14-17(15-26(37-2)28(25)38-3)29-31-21-16-18(8-11-24(21)40-29)30-27(33)13-10-19-9-12-23(39-19)20-6-4-5-7-22(20)32(34)35/h4-16H,1-3H3,(H,30,33)/b13-10+. The maximum absolute atomic E-state index is 12.6. The Morgan fingerprint density at radius 3 is 2.40 bits per heavy atom. The van der Waals surface area contributed by atoms with Crippen LogP contribution in [0.25, 0.3) is 40.0 Å². The molecule has 5 aromatic rings. The first-order valence-corrected chi connectivity index (χ1v) is 11.9. The number of nitro groups is 1. The zero-order valence-corrected chi connectivity index (χ0v) is 21.7. The third kappa shape index (κ3) is 5.20. The van der Waals surface area contributed by atoms with Gasteiger partial charge in [-0.2, -0.15) is 0 Å². The number of benzene rings is 3. The number of aromatic nitrogens is 1. The summed E-state index contributed by atoms with van der Waals surface area (Å²) in [5.41, 5.74) is 2.47. The normalized spacial score (nSPS) is 11.1. The molecule has 0 saturated heterocycles. The third-order valence-corrected chi connectivity index (χ3v) is 5.96. The van der Waals surface area contributed by atoms with Crippen molar-refractivity contribution in [2.75, 3.05) is 26.6 Å². The first-order valence-electron chi connectivity index (χ1n) is 11.9. The van der Waals surface area contributed by atoms with E-state index in [1.807, 2.05) is 0 Å². The predicted octanol–water partition coefficient (Wildman–Crippen LogP) is 6.34. The van der Waals surface area contributed by atoms with Crippen molar-refractivity contribution >= 4 is 34.5 Å². The second-order valence-corrected chi connectivity index (χ2v) is 8.41. The van der Waals surface area contributed by atoms with Crippen LogP contribution in [0.3, 0.4) is 0 Å². The van der Waals surface area contributed by atoms with Crippen LogP contribution in [0.15, 0.2) is 81.6 Å². The average molecular weight is 542 g/mol. The summed E-state index contributed by atoms with van der Waals surface area (Å²) in [4.78, 5) is 27.9. The van der Waals surface area contributed by atoms with E-state index in [0.29, 0.717) is 62.6 Å². The molecule has 3 aromatic carbocycles. The minimum absolute atomic E-state index is 0.0678. The molecule has 202 valence electrons. The monoisotopic (exact) mass is 541 g/mol. The highest BCUT2D eigenvalue weighted by Gasteiger charge is 2.18. The SMILES string of the molecule is COc1cc(-c2nc3cc(NC(=O)/C=C/c4ccc(-c5ccccc5[N+](=O)[O-])o4)ccc3o2)cc(OC)c1OC. The van der Waals surface area contributed by atoms with Crippen molar-refractivity contribution in [3.05, 3.63) is 88.7 Å². The quantitative estimate of drug-likeness (QED) is 0.129. The van der Waals surface area contributed by atoms with Crippen LogP contribution in [-0.2, 0) is 4.79 Å². The van der Waals surface area contributed by atoms with Gasteiger partial charge in [0.25, 0.3) is 5.69 Å². The molecule has 0 fully saturated rings. The number of para-hydroxylation sites is 1. The molecule has 5 rings (SSSR count). The van der Waals surface area contributed by atoms with Gasteiger partial charge in [0, 0.05) is 23.4 Å². The molecule has 2 heterocycles. The van der Waals surface area contributed by atoms with Crippen LogP contribution in [0.1, 0.15) is 5.76 Å². The smallest absolute Gasteiger partial charge is 0.280 e. The zero-order valence-electron chi connectivity index (χ0n) is 21.7. The number of fused-ring (bicyclic) bond motifs is 1. The minimum Gasteiger partial charge on any atom is -0.493 e. The van der Waals surface area contributed by atoms with E-state index in [0.717, 1.165) is 0 Å². The molecule has 11 heteroatoms. The fraction of sp³-hybridized carbons (Fsp3) is 0.103. The number of carbonyl (C=O) groups excluding carboxylic acids is 1. The maximum atomic E-state index is 12.6. The van der Waals surface area contributed by atoms with E-state index in [9.17, 15) is 14.9 Å². The van der Waals surface area contributed by atoms with Crippen molar-refractivity contribution < 1.29 is 32.8 Å². The zero-order chi connectivity index (χ0) is 28.2. The number of nitro benzene ring substituents is 1. The van der Waals surface area contributed by atoms with Gasteiger partial charge in [-0.15, -0.1) is 0 Å². The molecule has 0 spiro atoms. The number of oxazole rings is 1. The molecule has 0 aliphatic rings. The molecule has 0 unspecified atom stereocenters. The second kappa shape index (κ2) is 11.0. The number of anilines is 1. The third-order valence-electron chi connectivity index (χ3n) is 5.96. The molecule has 0 aliphatic heterocycles. The summed E-state index contributed by atoms with van der Waals surface area (Å²) in [6.07, 6.45) is 2.78. The van der Waals surface area contributed by atoms with E-state index in [4.69, 9.17) is 23.0 Å². The molecular formula is C29H23N3O8. The van der Waals surface area contributed by atoms with Crippen LogP contribution in [-0.4, -0.2) is 37.1 Å². The highest BCUT2D eigenvalue weighted by atomic mass is 16.6. The summed E-state index contributed by atoms with van der Waals surface area (Å²) in [5.74, 6) is 2.00. The Balaban J connectivity index is 1.32. The number of ether oxygens (including phenoxy) is 3. The summed E-state index contributed by atoms with van der Waals surface area (Å²) >= 11 is 0. The Morgan fingerprint density at radius 1 is 0.950 bits per heavy atom. The Kier molecular flexibility index (Phi) is 7.18. The molecule has 40 heavy (non-hydrogen) atoms. The van der Waals surface area contributed by atoms with Gasteiger partial charge in [-0.1, -0.05) is 12.1 Å². The van der Waals surface area contributed by atoms with Crippen LogP contribution in [0.4, 0.5) is 11.4 Å². The van der Waals surface area contributed by atoms with Gasteiger partial charge in [-0.25, -0.2) is 4.98 Å². The van der Waals surface area contributed by atoms with E-state index in [1.165, 1.54) is 39.5 Å². The highest BCUT2D eigenvalue weighted by Crippen LogP contribution is 2.41. The van der Waals surface area contributed by atoms with E-state index < -0.39 is 10.8 Å². The lowest BCUT2D eigenvalue weighted by Crippen LogP contribution is -2.07. The first-order chi connectivity index (χ1) is 19.4. The highest BCUT2D eigenvalue weighted by molar-refractivity contribution is 6.02. The number of carbonyl (C=O) groups is 1. The summed E-state index contributed by atoms with van der Waals surface area (Å²) < 4.78 is 27.8. The second-order valence-electron chi connectivity index (χ2n) is 8.41. The summed E-state index contributed by atoms with van der Waals surface area (Å²) in [5, 5.41) is 14.1. The summed E-state index contributed by atoms with van der Waals surface area (Å²) in [6.45, 7) is 0. The lowest BCUT2D eigenvalue weighted by molar-refractivity contribution is -0.384. The molecule has 1 N–H and O–H groups in total. The number of amides is 1. The largest absolute Gasteiger partial charge is 0.493 e. The Hall–Kier alpha value is -5.58. The van der Waals surface area contributed by atoms with Crippen molar-refractivity contribution in [1.82, 2.24) is 4.98 Å². The summed E-state index contributed by atoms with van der Waals surface area (Å²) in [6, 6.07) is 18.1. The molecule has 0 atom stereocenters. The van der Waals surface area contributed by atoms with E-state index in [2.05, 4.69) is 10.3 Å². The number of methoxy groups -OCH3 is 3.